The van der Waals surface area contributed by atoms with Crippen molar-refractivity contribution in [3.8, 4) is 0 Å². The van der Waals surface area contributed by atoms with E-state index in [1.54, 1.807) is 0 Å². The molecule has 1 rings (SSSR count). The second-order valence-electron chi connectivity index (χ2n) is 2.60. The molecule has 8 heavy (non-hydrogen) atoms. The fourth-order valence-corrected chi connectivity index (χ4v) is 0.604. The van der Waals surface area contributed by atoms with E-state index in [0.29, 0.717) is 6.61 Å². The summed E-state index contributed by atoms with van der Waals surface area (Å²) in [5.41, 5.74) is 2.69. The van der Waals surface area contributed by atoms with E-state index in [0.717, 1.165) is 4.99 Å². The first kappa shape index (κ1) is 5.98. The van der Waals surface area contributed by atoms with Crippen LogP contribution in [0.1, 0.15) is 13.8 Å². The Bertz CT molecular complexity index is 122. The standard InChI is InChI=1S/C5H9NOS/c1-5(2)3-7-6-4(5)8/h3H2,1-2H3,(H,6,8). The van der Waals surface area contributed by atoms with Crippen LogP contribution in [0.2, 0.25) is 0 Å². The lowest BCUT2D eigenvalue weighted by molar-refractivity contribution is 0.0962. The van der Waals surface area contributed by atoms with Crippen molar-refractivity contribution in [2.75, 3.05) is 6.61 Å². The summed E-state index contributed by atoms with van der Waals surface area (Å²) in [6.45, 7) is 4.79. The van der Waals surface area contributed by atoms with Gasteiger partial charge in [-0.15, -0.1) is 0 Å². The van der Waals surface area contributed by atoms with Crippen molar-refractivity contribution < 1.29 is 4.84 Å². The van der Waals surface area contributed by atoms with Crippen LogP contribution in [-0.4, -0.2) is 11.6 Å². The third-order valence-corrected chi connectivity index (χ3v) is 1.85. The van der Waals surface area contributed by atoms with Gasteiger partial charge >= 0.3 is 0 Å². The monoisotopic (exact) mass is 131 g/mol. The lowest BCUT2D eigenvalue weighted by atomic mass is 9.96. The van der Waals surface area contributed by atoms with Gasteiger partial charge in [-0.05, 0) is 0 Å². The lowest BCUT2D eigenvalue weighted by Crippen LogP contribution is -2.23. The molecule has 3 heteroatoms. The van der Waals surface area contributed by atoms with Crippen LogP contribution < -0.4 is 5.48 Å². The molecule has 0 aromatic heterocycles. The molecule has 0 bridgehead atoms. The van der Waals surface area contributed by atoms with Crippen molar-refractivity contribution in [2.45, 2.75) is 13.8 Å². The van der Waals surface area contributed by atoms with Gasteiger partial charge in [0.2, 0.25) is 0 Å². The Kier molecular flexibility index (Phi) is 1.25. The van der Waals surface area contributed by atoms with E-state index < -0.39 is 0 Å². The fourth-order valence-electron chi connectivity index (χ4n) is 0.486. The van der Waals surface area contributed by atoms with E-state index in [2.05, 4.69) is 19.3 Å². The van der Waals surface area contributed by atoms with Gasteiger partial charge in [0, 0.05) is 5.41 Å². The summed E-state index contributed by atoms with van der Waals surface area (Å²) in [7, 11) is 0. The summed E-state index contributed by atoms with van der Waals surface area (Å²) in [4.78, 5) is 5.68. The zero-order valence-electron chi connectivity index (χ0n) is 5.02. The average Bonchev–Trinajstić information content (AvgIpc) is 1.86. The van der Waals surface area contributed by atoms with Gasteiger partial charge in [-0.2, -0.15) is 0 Å². The maximum atomic E-state index is 4.92. The van der Waals surface area contributed by atoms with Gasteiger partial charge in [0.25, 0.3) is 0 Å². The molecular formula is C5H9NOS. The molecule has 1 heterocycles. The first-order valence-corrected chi connectivity index (χ1v) is 2.96. The Labute approximate surface area is 54.2 Å². The molecule has 0 aliphatic carbocycles. The zero-order valence-corrected chi connectivity index (χ0v) is 5.84. The fraction of sp³-hybridized carbons (Fsp3) is 0.800. The van der Waals surface area contributed by atoms with Crippen molar-refractivity contribution in [3.05, 3.63) is 0 Å². The summed E-state index contributed by atoms with van der Waals surface area (Å²) in [5, 5.41) is 0. The van der Waals surface area contributed by atoms with Crippen molar-refractivity contribution >= 4 is 17.2 Å². The summed E-state index contributed by atoms with van der Waals surface area (Å²) in [6.07, 6.45) is 0. The topological polar surface area (TPSA) is 21.3 Å². The van der Waals surface area contributed by atoms with Crippen molar-refractivity contribution in [3.63, 3.8) is 0 Å². The molecule has 0 spiro atoms. The number of nitrogens with one attached hydrogen (secondary N) is 1. The minimum atomic E-state index is 0.0509. The highest BCUT2D eigenvalue weighted by Gasteiger charge is 2.29. The molecule has 1 N–H and O–H groups in total. The predicted octanol–water partition coefficient (Wildman–Crippen LogP) is 0.875. The second kappa shape index (κ2) is 1.67. The Morgan fingerprint density at radius 1 is 1.75 bits per heavy atom. The van der Waals surface area contributed by atoms with Crippen LogP contribution >= 0.6 is 12.2 Å². The largest absolute Gasteiger partial charge is 0.275 e. The maximum absolute atomic E-state index is 4.92. The van der Waals surface area contributed by atoms with Crippen LogP contribution in [-0.2, 0) is 4.84 Å². The summed E-state index contributed by atoms with van der Waals surface area (Å²) in [5.74, 6) is 0. The van der Waals surface area contributed by atoms with Crippen molar-refractivity contribution in [1.82, 2.24) is 5.48 Å². The van der Waals surface area contributed by atoms with E-state index in [9.17, 15) is 0 Å². The molecule has 0 amide bonds. The third kappa shape index (κ3) is 0.833. The van der Waals surface area contributed by atoms with Crippen LogP contribution in [0.15, 0.2) is 0 Å². The molecule has 0 radical (unpaired) electrons. The summed E-state index contributed by atoms with van der Waals surface area (Å²) < 4.78 is 0. The SMILES string of the molecule is CC1(C)CONC1=S. The van der Waals surface area contributed by atoms with Crippen LogP contribution in [0, 0.1) is 5.41 Å². The first-order chi connectivity index (χ1) is 3.63. The highest BCUT2D eigenvalue weighted by atomic mass is 32.1. The summed E-state index contributed by atoms with van der Waals surface area (Å²) in [6, 6.07) is 0. The van der Waals surface area contributed by atoms with E-state index in [4.69, 9.17) is 17.1 Å². The van der Waals surface area contributed by atoms with Gasteiger partial charge < -0.3 is 0 Å². The van der Waals surface area contributed by atoms with Crippen LogP contribution in [0.3, 0.4) is 0 Å². The predicted molar refractivity (Wildman–Crippen MR) is 35.5 cm³/mol. The molecule has 0 atom stereocenters. The molecule has 2 nitrogen and oxygen atoms in total. The molecule has 1 saturated heterocycles. The Balaban J connectivity index is 2.68. The van der Waals surface area contributed by atoms with E-state index in [1.807, 2.05) is 0 Å². The Morgan fingerprint density at radius 3 is 2.50 bits per heavy atom. The average molecular weight is 131 g/mol. The number of hydrogen-bond donors (Lipinski definition) is 1. The number of thiocarbonyl (C=S) groups is 1. The Morgan fingerprint density at radius 2 is 2.38 bits per heavy atom. The molecule has 1 aliphatic heterocycles. The molecule has 46 valence electrons. The quantitative estimate of drug-likeness (QED) is 0.493. The molecule has 0 saturated carbocycles. The zero-order chi connectivity index (χ0) is 6.20. The van der Waals surface area contributed by atoms with Gasteiger partial charge in [0.1, 0.15) is 4.99 Å². The highest BCUT2D eigenvalue weighted by molar-refractivity contribution is 7.80. The van der Waals surface area contributed by atoms with Gasteiger partial charge in [-0.1, -0.05) is 26.1 Å². The van der Waals surface area contributed by atoms with Crippen LogP contribution in [0.5, 0.6) is 0 Å². The summed E-state index contributed by atoms with van der Waals surface area (Å²) >= 11 is 4.92. The first-order valence-electron chi connectivity index (χ1n) is 2.55. The van der Waals surface area contributed by atoms with E-state index >= 15 is 0 Å². The van der Waals surface area contributed by atoms with Gasteiger partial charge in [0.05, 0.1) is 6.61 Å². The van der Waals surface area contributed by atoms with Crippen LogP contribution in [0.25, 0.3) is 0 Å². The number of rotatable bonds is 0. The molecule has 0 unspecified atom stereocenters. The highest BCUT2D eigenvalue weighted by Crippen LogP contribution is 2.20. The maximum Gasteiger partial charge on any atom is 0.108 e. The van der Waals surface area contributed by atoms with Crippen molar-refractivity contribution in [2.24, 2.45) is 5.41 Å². The smallest absolute Gasteiger partial charge is 0.108 e. The minimum Gasteiger partial charge on any atom is -0.275 e. The molecule has 0 aromatic rings. The van der Waals surface area contributed by atoms with E-state index in [1.165, 1.54) is 0 Å². The molecule has 1 fully saturated rings. The van der Waals surface area contributed by atoms with Gasteiger partial charge in [-0.3, -0.25) is 10.3 Å². The number of hydrogen-bond acceptors (Lipinski definition) is 2. The third-order valence-electron chi connectivity index (χ3n) is 1.21. The second-order valence-corrected chi connectivity index (χ2v) is 3.01. The molecule has 0 aromatic carbocycles. The van der Waals surface area contributed by atoms with Crippen molar-refractivity contribution in [1.29, 1.82) is 0 Å². The minimum absolute atomic E-state index is 0.0509. The Hall–Kier alpha value is -0.150. The van der Waals surface area contributed by atoms with E-state index in [-0.39, 0.29) is 5.41 Å². The van der Waals surface area contributed by atoms with Gasteiger partial charge in [0.15, 0.2) is 0 Å². The molecular weight excluding hydrogens is 122 g/mol. The van der Waals surface area contributed by atoms with Crippen LogP contribution in [0.4, 0.5) is 0 Å². The van der Waals surface area contributed by atoms with Gasteiger partial charge in [-0.25, -0.2) is 0 Å². The lowest BCUT2D eigenvalue weighted by Gasteiger charge is -2.10. The molecule has 1 aliphatic rings. The normalized spacial score (nSPS) is 25.5. The number of hydroxylamine groups is 1.